The largest absolute Gasteiger partial charge is 0.493 e. The minimum Gasteiger partial charge on any atom is -0.493 e. The number of nitrogens with zero attached hydrogens (tertiary/aromatic N) is 1. The molecule has 1 aromatic rings. The number of nitriles is 1. The monoisotopic (exact) mass is 289 g/mol. The van der Waals surface area contributed by atoms with Crippen LogP contribution < -0.4 is 9.47 Å². The van der Waals surface area contributed by atoms with Crippen molar-refractivity contribution in [3.05, 3.63) is 29.8 Å². The number of esters is 1. The van der Waals surface area contributed by atoms with E-state index in [1.807, 2.05) is 19.1 Å². The fraction of sp³-hybridized carbons (Fsp3) is 0.375. The second-order valence-electron chi connectivity index (χ2n) is 4.30. The number of carbonyl (C=O) groups is 1. The van der Waals surface area contributed by atoms with Crippen LogP contribution in [-0.2, 0) is 9.53 Å². The highest BCUT2D eigenvalue weighted by molar-refractivity contribution is 5.87. The van der Waals surface area contributed by atoms with E-state index in [0.717, 1.165) is 12.0 Å². The van der Waals surface area contributed by atoms with Crippen molar-refractivity contribution >= 4 is 12.0 Å². The van der Waals surface area contributed by atoms with Gasteiger partial charge in [0.25, 0.3) is 0 Å². The summed E-state index contributed by atoms with van der Waals surface area (Å²) < 4.78 is 15.6. The van der Waals surface area contributed by atoms with Crippen molar-refractivity contribution in [3.8, 4) is 17.6 Å². The van der Waals surface area contributed by atoms with Crippen LogP contribution in [0.25, 0.3) is 6.08 Å². The smallest absolute Gasteiger partial charge is 0.332 e. The number of carbonyl (C=O) groups excluding carboxylic acids is 1. The van der Waals surface area contributed by atoms with Gasteiger partial charge in [0.1, 0.15) is 6.07 Å². The van der Waals surface area contributed by atoms with Crippen LogP contribution in [0.3, 0.4) is 0 Å². The molecule has 1 aromatic carbocycles. The molecular formula is C16H19NO4. The van der Waals surface area contributed by atoms with E-state index in [-0.39, 0.29) is 0 Å². The van der Waals surface area contributed by atoms with Gasteiger partial charge in [-0.3, -0.25) is 0 Å². The lowest BCUT2D eigenvalue weighted by Gasteiger charge is -2.10. The highest BCUT2D eigenvalue weighted by Gasteiger charge is 2.06. The third-order valence-corrected chi connectivity index (χ3v) is 2.54. The third-order valence-electron chi connectivity index (χ3n) is 2.54. The molecular weight excluding hydrogens is 270 g/mol. The van der Waals surface area contributed by atoms with Crippen LogP contribution >= 0.6 is 0 Å². The van der Waals surface area contributed by atoms with E-state index in [4.69, 9.17) is 19.5 Å². The summed E-state index contributed by atoms with van der Waals surface area (Å²) in [5.41, 5.74) is 0.775. The Balaban J connectivity index is 2.76. The number of hydrogen-bond acceptors (Lipinski definition) is 5. The van der Waals surface area contributed by atoms with Crippen molar-refractivity contribution < 1.29 is 19.0 Å². The maximum absolute atomic E-state index is 11.4. The quantitative estimate of drug-likeness (QED) is 0.570. The van der Waals surface area contributed by atoms with Crippen LogP contribution in [-0.4, -0.2) is 25.8 Å². The molecule has 5 heteroatoms. The van der Waals surface area contributed by atoms with Gasteiger partial charge in [-0.1, -0.05) is 13.0 Å². The summed E-state index contributed by atoms with van der Waals surface area (Å²) in [7, 11) is 1.56. The molecule has 1 atom stereocenters. The molecule has 0 aliphatic heterocycles. The SMILES string of the molecule is CCCOc1ccc(/C=C/C(=O)O[C@@H](C)C#N)cc1OC. The molecule has 0 radical (unpaired) electrons. The van der Waals surface area contributed by atoms with E-state index in [0.29, 0.717) is 18.1 Å². The van der Waals surface area contributed by atoms with Gasteiger partial charge in [-0.05, 0) is 37.1 Å². The molecule has 0 saturated heterocycles. The molecule has 0 heterocycles. The van der Waals surface area contributed by atoms with Crippen molar-refractivity contribution in [3.63, 3.8) is 0 Å². The van der Waals surface area contributed by atoms with Crippen molar-refractivity contribution in [2.45, 2.75) is 26.4 Å². The molecule has 0 bridgehead atoms. The first-order chi connectivity index (χ1) is 10.1. The fourth-order valence-electron chi connectivity index (χ4n) is 1.52. The Morgan fingerprint density at radius 3 is 2.81 bits per heavy atom. The summed E-state index contributed by atoms with van der Waals surface area (Å²) in [4.78, 5) is 11.4. The Hall–Kier alpha value is -2.48. The standard InChI is InChI=1S/C16H19NO4/c1-4-9-20-14-7-5-13(10-15(14)19-3)6-8-16(18)21-12(2)11-17/h5-8,10,12H,4,9H2,1-3H3/b8-6+/t12-/m0/s1. The Kier molecular flexibility index (Phi) is 6.82. The average Bonchev–Trinajstić information content (AvgIpc) is 2.50. The van der Waals surface area contributed by atoms with E-state index in [9.17, 15) is 4.79 Å². The van der Waals surface area contributed by atoms with Crippen LogP contribution in [0.4, 0.5) is 0 Å². The van der Waals surface area contributed by atoms with Gasteiger partial charge >= 0.3 is 5.97 Å². The molecule has 112 valence electrons. The summed E-state index contributed by atoms with van der Waals surface area (Å²) >= 11 is 0. The first-order valence-electron chi connectivity index (χ1n) is 6.69. The van der Waals surface area contributed by atoms with E-state index in [2.05, 4.69) is 0 Å². The molecule has 21 heavy (non-hydrogen) atoms. The van der Waals surface area contributed by atoms with Crippen LogP contribution in [0.5, 0.6) is 11.5 Å². The lowest BCUT2D eigenvalue weighted by Crippen LogP contribution is -2.10. The van der Waals surface area contributed by atoms with Gasteiger partial charge in [0.2, 0.25) is 0 Å². The van der Waals surface area contributed by atoms with Crippen LogP contribution in [0.15, 0.2) is 24.3 Å². The van der Waals surface area contributed by atoms with Gasteiger partial charge in [-0.15, -0.1) is 0 Å². The molecule has 0 unspecified atom stereocenters. The van der Waals surface area contributed by atoms with Crippen molar-refractivity contribution in [1.82, 2.24) is 0 Å². The zero-order valence-corrected chi connectivity index (χ0v) is 12.5. The second kappa shape index (κ2) is 8.64. The van der Waals surface area contributed by atoms with Gasteiger partial charge in [0.05, 0.1) is 13.7 Å². The normalized spacial score (nSPS) is 11.7. The lowest BCUT2D eigenvalue weighted by molar-refractivity contribution is -0.139. The first-order valence-corrected chi connectivity index (χ1v) is 6.69. The lowest BCUT2D eigenvalue weighted by atomic mass is 10.2. The van der Waals surface area contributed by atoms with E-state index in [1.165, 1.54) is 13.0 Å². The predicted octanol–water partition coefficient (Wildman–Crippen LogP) is 2.95. The Morgan fingerprint density at radius 1 is 1.43 bits per heavy atom. The first kappa shape index (κ1) is 16.6. The Bertz CT molecular complexity index is 546. The highest BCUT2D eigenvalue weighted by atomic mass is 16.5. The number of hydrogen-bond donors (Lipinski definition) is 0. The van der Waals surface area contributed by atoms with E-state index < -0.39 is 12.1 Å². The van der Waals surface area contributed by atoms with Crippen LogP contribution in [0, 0.1) is 11.3 Å². The van der Waals surface area contributed by atoms with Crippen molar-refractivity contribution in [2.24, 2.45) is 0 Å². The van der Waals surface area contributed by atoms with E-state index >= 15 is 0 Å². The Labute approximate surface area is 124 Å². The minimum absolute atomic E-state index is 0.561. The molecule has 0 amide bonds. The molecule has 0 spiro atoms. The van der Waals surface area contributed by atoms with Crippen LogP contribution in [0.1, 0.15) is 25.8 Å². The zero-order valence-electron chi connectivity index (χ0n) is 12.5. The highest BCUT2D eigenvalue weighted by Crippen LogP contribution is 2.28. The number of benzene rings is 1. The molecule has 1 rings (SSSR count). The number of ether oxygens (including phenoxy) is 3. The fourth-order valence-corrected chi connectivity index (χ4v) is 1.52. The Morgan fingerprint density at radius 2 is 2.19 bits per heavy atom. The second-order valence-corrected chi connectivity index (χ2v) is 4.30. The van der Waals surface area contributed by atoms with Crippen LogP contribution in [0.2, 0.25) is 0 Å². The molecule has 0 N–H and O–H groups in total. The van der Waals surface area contributed by atoms with E-state index in [1.54, 1.807) is 25.3 Å². The molecule has 0 aliphatic rings. The average molecular weight is 289 g/mol. The summed E-state index contributed by atoms with van der Waals surface area (Å²) in [6.07, 6.45) is 3.02. The predicted molar refractivity (Wildman–Crippen MR) is 79.0 cm³/mol. The summed E-state index contributed by atoms with van der Waals surface area (Å²) in [5, 5.41) is 8.56. The molecule has 0 fully saturated rings. The maximum atomic E-state index is 11.4. The van der Waals surface area contributed by atoms with Gasteiger partial charge < -0.3 is 14.2 Å². The maximum Gasteiger partial charge on any atom is 0.332 e. The van der Waals surface area contributed by atoms with Gasteiger partial charge in [0.15, 0.2) is 17.6 Å². The van der Waals surface area contributed by atoms with Gasteiger partial charge in [-0.2, -0.15) is 5.26 Å². The van der Waals surface area contributed by atoms with Crippen molar-refractivity contribution in [2.75, 3.05) is 13.7 Å². The molecule has 0 aromatic heterocycles. The number of methoxy groups -OCH3 is 1. The molecule has 0 saturated carbocycles. The zero-order chi connectivity index (χ0) is 15.7. The number of rotatable bonds is 7. The summed E-state index contributed by atoms with van der Waals surface area (Å²) in [5.74, 6) is 0.705. The summed E-state index contributed by atoms with van der Waals surface area (Å²) in [6, 6.07) is 7.19. The van der Waals surface area contributed by atoms with Gasteiger partial charge in [-0.25, -0.2) is 4.79 Å². The molecule has 0 aliphatic carbocycles. The van der Waals surface area contributed by atoms with Gasteiger partial charge in [0, 0.05) is 6.08 Å². The summed E-state index contributed by atoms with van der Waals surface area (Å²) in [6.45, 7) is 4.15. The topological polar surface area (TPSA) is 68.5 Å². The minimum atomic E-state index is -0.762. The third kappa shape index (κ3) is 5.57. The molecule has 5 nitrogen and oxygen atoms in total. The van der Waals surface area contributed by atoms with Crippen molar-refractivity contribution in [1.29, 1.82) is 5.26 Å².